The molecule has 8 nitrogen and oxygen atoms in total. The average Bonchev–Trinajstić information content (AvgIpc) is 3.43. The predicted molar refractivity (Wildman–Crippen MR) is 355 cm³/mol. The van der Waals surface area contributed by atoms with Gasteiger partial charge >= 0.3 is 7.82 Å². The molecule has 81 heavy (non-hydrogen) atoms. The Balaban J connectivity index is 4.02. The summed E-state index contributed by atoms with van der Waals surface area (Å²) < 4.78 is 23.8. The van der Waals surface area contributed by atoms with Gasteiger partial charge in [-0.2, -0.15) is 0 Å². The molecule has 0 rings (SSSR count). The van der Waals surface area contributed by atoms with Gasteiger partial charge < -0.3 is 19.8 Å². The van der Waals surface area contributed by atoms with E-state index < -0.39 is 20.0 Å². The normalized spacial score (nSPS) is 14.3. The lowest BCUT2D eigenvalue weighted by Crippen LogP contribution is -2.45. The fourth-order valence-electron chi connectivity index (χ4n) is 9.75. The number of aliphatic hydroxyl groups is 1. The summed E-state index contributed by atoms with van der Waals surface area (Å²) in [4.78, 5) is 23.4. The van der Waals surface area contributed by atoms with Gasteiger partial charge in [0.1, 0.15) is 13.2 Å². The highest BCUT2D eigenvalue weighted by Gasteiger charge is 2.28. The van der Waals surface area contributed by atoms with E-state index in [4.69, 9.17) is 9.05 Å². The molecule has 0 aliphatic carbocycles. The number of unbranched alkanes of at least 4 members (excludes halogenated alkanes) is 35. The number of nitrogens with one attached hydrogen (secondary N) is 1. The van der Waals surface area contributed by atoms with Gasteiger partial charge in [0.25, 0.3) is 0 Å². The third-order valence-corrected chi connectivity index (χ3v) is 16.0. The smallest absolute Gasteiger partial charge is 0.387 e. The first-order valence-corrected chi connectivity index (χ1v) is 35.6. The third-order valence-electron chi connectivity index (χ3n) is 15.0. The van der Waals surface area contributed by atoms with Gasteiger partial charge in [-0.25, -0.2) is 4.57 Å². The molecule has 0 heterocycles. The number of carbonyl (C=O) groups excluding carboxylic acids is 1. The summed E-state index contributed by atoms with van der Waals surface area (Å²) in [6, 6.07) is -0.873. The number of hydrogen-bond acceptors (Lipinski definition) is 5. The molecule has 0 spiro atoms. The Morgan fingerprint density at radius 2 is 0.753 bits per heavy atom. The van der Waals surface area contributed by atoms with Crippen molar-refractivity contribution in [3.8, 4) is 0 Å². The zero-order valence-electron chi connectivity index (χ0n) is 53.8. The molecule has 0 saturated carbocycles. The lowest BCUT2D eigenvalue weighted by molar-refractivity contribution is -0.870. The lowest BCUT2D eigenvalue weighted by Gasteiger charge is -2.25. The second kappa shape index (κ2) is 62.0. The van der Waals surface area contributed by atoms with Gasteiger partial charge in [0, 0.05) is 6.42 Å². The third kappa shape index (κ3) is 64.8. The Kier molecular flexibility index (Phi) is 60.0. The summed E-state index contributed by atoms with van der Waals surface area (Å²) in [6.45, 7) is 4.69. The van der Waals surface area contributed by atoms with E-state index in [0.29, 0.717) is 17.4 Å². The number of rotatable bonds is 62. The van der Waals surface area contributed by atoms with Gasteiger partial charge in [-0.3, -0.25) is 13.8 Å². The summed E-state index contributed by atoms with van der Waals surface area (Å²) >= 11 is 0. The number of phosphoric acid groups is 1. The highest BCUT2D eigenvalue weighted by molar-refractivity contribution is 7.47. The van der Waals surface area contributed by atoms with Crippen LogP contribution in [0.5, 0.6) is 0 Å². The number of hydrogen-bond donors (Lipinski definition) is 3. The highest BCUT2D eigenvalue weighted by atomic mass is 31.2. The van der Waals surface area contributed by atoms with Gasteiger partial charge in [0.2, 0.25) is 5.91 Å². The van der Waals surface area contributed by atoms with Crippen molar-refractivity contribution in [3.05, 3.63) is 97.2 Å². The first-order chi connectivity index (χ1) is 39.5. The van der Waals surface area contributed by atoms with E-state index in [-0.39, 0.29) is 19.1 Å². The average molecular weight is 1150 g/mol. The van der Waals surface area contributed by atoms with Crippen LogP contribution in [-0.2, 0) is 18.4 Å². The zero-order valence-corrected chi connectivity index (χ0v) is 54.6. The van der Waals surface area contributed by atoms with Crippen LogP contribution in [0.4, 0.5) is 0 Å². The van der Waals surface area contributed by atoms with Gasteiger partial charge in [0.05, 0.1) is 39.9 Å². The largest absolute Gasteiger partial charge is 0.472 e. The Hall–Kier alpha value is -2.58. The zero-order chi connectivity index (χ0) is 59.1. The minimum absolute atomic E-state index is 0.0522. The van der Waals surface area contributed by atoms with Gasteiger partial charge in [-0.05, 0) is 89.9 Å². The molecule has 0 aliphatic heterocycles. The molecule has 0 aliphatic rings. The topological polar surface area (TPSA) is 105 Å². The van der Waals surface area contributed by atoms with Crippen LogP contribution in [-0.4, -0.2) is 73.4 Å². The maximum atomic E-state index is 13.0. The second-order valence-electron chi connectivity index (χ2n) is 24.2. The summed E-state index contributed by atoms with van der Waals surface area (Å²) in [7, 11) is 1.55. The monoisotopic (exact) mass is 1150 g/mol. The molecule has 0 aromatic rings. The summed E-state index contributed by atoms with van der Waals surface area (Å²) in [5, 5.41) is 14.0. The number of allylic oxidation sites excluding steroid dienone is 15. The van der Waals surface area contributed by atoms with Crippen LogP contribution in [0.25, 0.3) is 0 Å². The lowest BCUT2D eigenvalue weighted by atomic mass is 10.0. The number of likely N-dealkylation sites (N-methyl/N-ethyl adjacent to an activating group) is 1. The molecule has 0 bridgehead atoms. The standard InChI is InChI=1S/C72H131N2O6P/c1-6-8-10-12-14-16-18-20-22-24-26-28-29-30-31-32-33-34-35-36-37-38-39-40-41-42-43-44-45-46-48-50-52-54-56-58-60-62-64-66-72(76)73-70(69-80-81(77,78)79-68-67-74(3,4)5)71(75)65-63-61-59-57-55-53-51-49-47-27-25-23-21-19-17-15-13-11-9-7-2/h8,10,14,16,20,22,26,28,30-31,47,49,55,57,63,65,70-71,75H,6-7,9,11-13,15,17-19,21,23-25,27,29,32-46,48,50-54,56,58-62,64,66-69H2,1-5H3,(H-,73,76,77,78)/p+1/b10-8-,16-14-,22-20-,28-26-,31-30-,49-47+,57-55+,65-63+. The van der Waals surface area contributed by atoms with Crippen molar-refractivity contribution in [1.82, 2.24) is 5.32 Å². The summed E-state index contributed by atoms with van der Waals surface area (Å²) in [5.41, 5.74) is 0. The van der Waals surface area contributed by atoms with Crippen molar-refractivity contribution in [2.75, 3.05) is 40.9 Å². The first-order valence-electron chi connectivity index (χ1n) is 34.1. The Morgan fingerprint density at radius 1 is 0.432 bits per heavy atom. The molecule has 0 saturated heterocycles. The number of phosphoric ester groups is 1. The molecular formula is C72H132N2O6P+. The molecule has 3 atom stereocenters. The highest BCUT2D eigenvalue weighted by Crippen LogP contribution is 2.43. The van der Waals surface area contributed by atoms with E-state index in [1.54, 1.807) is 6.08 Å². The maximum Gasteiger partial charge on any atom is 0.472 e. The van der Waals surface area contributed by atoms with Crippen molar-refractivity contribution in [2.24, 2.45) is 0 Å². The number of quaternary nitrogens is 1. The van der Waals surface area contributed by atoms with E-state index >= 15 is 0 Å². The minimum Gasteiger partial charge on any atom is -0.387 e. The van der Waals surface area contributed by atoms with Crippen LogP contribution in [0.3, 0.4) is 0 Å². The SMILES string of the molecule is CC/C=C\C/C=C\C/C=C\C/C=C\C/C=C\CCCCCCCCCCCCCCCCCCCCCCCCCC(=O)NC(COP(=O)(O)OCC[N+](C)(C)C)C(O)/C=C/CC/C=C/CC/C=C/CCCCCCCCCCCC. The van der Waals surface area contributed by atoms with Crippen LogP contribution < -0.4 is 5.32 Å². The Labute approximate surface area is 502 Å². The molecule has 0 radical (unpaired) electrons. The van der Waals surface area contributed by atoms with E-state index in [2.05, 4.69) is 104 Å². The van der Waals surface area contributed by atoms with E-state index in [9.17, 15) is 19.4 Å². The van der Waals surface area contributed by atoms with Gasteiger partial charge in [-0.1, -0.05) is 304 Å². The first kappa shape index (κ1) is 78.4. The van der Waals surface area contributed by atoms with Crippen molar-refractivity contribution in [2.45, 2.75) is 315 Å². The van der Waals surface area contributed by atoms with Crippen molar-refractivity contribution in [1.29, 1.82) is 0 Å². The number of nitrogens with zero attached hydrogens (tertiary/aromatic N) is 1. The fourth-order valence-corrected chi connectivity index (χ4v) is 10.5. The van der Waals surface area contributed by atoms with Gasteiger partial charge in [0.15, 0.2) is 0 Å². The van der Waals surface area contributed by atoms with Crippen LogP contribution >= 0.6 is 7.82 Å². The van der Waals surface area contributed by atoms with Gasteiger partial charge in [-0.15, -0.1) is 0 Å². The quantitative estimate of drug-likeness (QED) is 0.0243. The molecule has 1 amide bonds. The number of aliphatic hydroxyl groups excluding tert-OH is 1. The van der Waals surface area contributed by atoms with E-state index in [1.165, 1.54) is 205 Å². The van der Waals surface area contributed by atoms with Crippen LogP contribution in [0.15, 0.2) is 97.2 Å². The maximum absolute atomic E-state index is 13.0. The number of amides is 1. The van der Waals surface area contributed by atoms with Crippen LogP contribution in [0, 0.1) is 0 Å². The van der Waals surface area contributed by atoms with Crippen molar-refractivity contribution in [3.63, 3.8) is 0 Å². The minimum atomic E-state index is -4.37. The molecule has 0 aromatic heterocycles. The Bertz CT molecular complexity index is 1640. The van der Waals surface area contributed by atoms with Crippen LogP contribution in [0.1, 0.15) is 303 Å². The molecule has 3 N–H and O–H groups in total. The summed E-state index contributed by atoms with van der Waals surface area (Å²) in [5.74, 6) is -0.188. The van der Waals surface area contributed by atoms with E-state index in [0.717, 1.165) is 77.0 Å². The van der Waals surface area contributed by atoms with Crippen LogP contribution in [0.2, 0.25) is 0 Å². The molecular weight excluding hydrogens is 1020 g/mol. The second-order valence-corrected chi connectivity index (χ2v) is 25.6. The molecule has 0 fully saturated rings. The number of carbonyl (C=O) groups is 1. The molecule has 3 unspecified atom stereocenters. The Morgan fingerprint density at radius 3 is 1.14 bits per heavy atom. The van der Waals surface area contributed by atoms with Crippen molar-refractivity contribution >= 4 is 13.7 Å². The molecule has 470 valence electrons. The fraction of sp³-hybridized carbons (Fsp3) is 0.764. The van der Waals surface area contributed by atoms with E-state index in [1.807, 2.05) is 27.2 Å². The summed E-state index contributed by atoms with van der Waals surface area (Å²) in [6.07, 6.45) is 89.9. The molecule has 9 heteroatoms. The molecule has 0 aromatic carbocycles. The predicted octanol–water partition coefficient (Wildman–Crippen LogP) is 21.7. The van der Waals surface area contributed by atoms with Crippen molar-refractivity contribution < 1.29 is 32.9 Å².